The number of hydrogen-bond donors (Lipinski definition) is 0. The van der Waals surface area contributed by atoms with Gasteiger partial charge < -0.3 is 14.5 Å². The van der Waals surface area contributed by atoms with Crippen LogP contribution in [0.1, 0.15) is 42.6 Å². The number of rotatable bonds is 6. The fourth-order valence-electron chi connectivity index (χ4n) is 3.64. The van der Waals surface area contributed by atoms with Crippen LogP contribution < -0.4 is 4.90 Å². The zero-order valence-electron chi connectivity index (χ0n) is 18.2. The van der Waals surface area contributed by atoms with Gasteiger partial charge in [0.05, 0.1) is 12.5 Å². The molecule has 2 aromatic rings. The van der Waals surface area contributed by atoms with Crippen molar-refractivity contribution in [1.29, 1.82) is 0 Å². The van der Waals surface area contributed by atoms with Gasteiger partial charge in [-0.3, -0.25) is 9.59 Å². The van der Waals surface area contributed by atoms with E-state index in [0.29, 0.717) is 49.7 Å². The lowest BCUT2D eigenvalue weighted by Gasteiger charge is -2.31. The Morgan fingerprint density at radius 1 is 1.23 bits per heavy atom. The molecule has 0 atom stereocenters. The molecule has 3 rings (SSSR count). The molecule has 0 bridgehead atoms. The molecular weight excluding hydrogens is 380 g/mol. The van der Waals surface area contributed by atoms with Crippen LogP contribution in [0.2, 0.25) is 0 Å². The predicted molar refractivity (Wildman–Crippen MR) is 116 cm³/mol. The minimum Gasteiger partial charge on any atom is -0.466 e. The van der Waals surface area contributed by atoms with Crippen LogP contribution in [0.4, 0.5) is 5.82 Å². The van der Waals surface area contributed by atoms with Gasteiger partial charge in [0.15, 0.2) is 5.82 Å². The van der Waals surface area contributed by atoms with E-state index in [2.05, 4.69) is 4.98 Å². The largest absolute Gasteiger partial charge is 0.466 e. The molecule has 0 saturated carbocycles. The summed E-state index contributed by atoms with van der Waals surface area (Å²) in [6, 6.07) is 8.01. The van der Waals surface area contributed by atoms with Crippen LogP contribution in [-0.2, 0) is 9.53 Å². The van der Waals surface area contributed by atoms with Crippen LogP contribution in [0.3, 0.4) is 0 Å². The summed E-state index contributed by atoms with van der Waals surface area (Å²) in [5.41, 5.74) is 2.55. The number of carbonyl (C=O) groups excluding carboxylic acids is 2. The number of piperidine rings is 1. The fourth-order valence-corrected chi connectivity index (χ4v) is 3.64. The summed E-state index contributed by atoms with van der Waals surface area (Å²) < 4.78 is 5.12. The molecule has 7 nitrogen and oxygen atoms in total. The quantitative estimate of drug-likeness (QED) is 0.680. The molecule has 2 heterocycles. The number of carbonyl (C=O) groups is 2. The molecule has 0 unspecified atom stereocenters. The molecule has 0 radical (unpaired) electrons. The average molecular weight is 411 g/mol. The average Bonchev–Trinajstić information content (AvgIpc) is 2.78. The zero-order valence-corrected chi connectivity index (χ0v) is 18.2. The smallest absolute Gasteiger partial charge is 0.309 e. The van der Waals surface area contributed by atoms with Crippen LogP contribution in [0.25, 0.3) is 11.4 Å². The van der Waals surface area contributed by atoms with E-state index in [1.165, 1.54) is 0 Å². The van der Waals surface area contributed by atoms with Crippen LogP contribution in [0, 0.1) is 12.8 Å². The number of aromatic nitrogens is 2. The van der Waals surface area contributed by atoms with E-state index >= 15 is 0 Å². The lowest BCUT2D eigenvalue weighted by atomic mass is 9.96. The van der Waals surface area contributed by atoms with Crippen LogP contribution in [0.5, 0.6) is 0 Å². The maximum absolute atomic E-state index is 13.2. The van der Waals surface area contributed by atoms with Crippen molar-refractivity contribution in [1.82, 2.24) is 14.9 Å². The first-order valence-electron chi connectivity index (χ1n) is 10.6. The first-order chi connectivity index (χ1) is 14.4. The predicted octanol–water partition coefficient (Wildman–Crippen LogP) is 3.32. The van der Waals surface area contributed by atoms with E-state index in [0.717, 1.165) is 17.7 Å². The van der Waals surface area contributed by atoms with Gasteiger partial charge in [-0.05, 0) is 39.7 Å². The van der Waals surface area contributed by atoms with Crippen molar-refractivity contribution < 1.29 is 14.3 Å². The monoisotopic (exact) mass is 410 g/mol. The minimum absolute atomic E-state index is 0.0941. The lowest BCUT2D eigenvalue weighted by molar-refractivity contribution is -0.149. The SMILES string of the molecule is CCOC(=O)C1CCN(C(=O)c2cnc(-c3cccc(C)c3)nc2N(C)CC)CC1. The lowest BCUT2D eigenvalue weighted by Crippen LogP contribution is -2.41. The van der Waals surface area contributed by atoms with Gasteiger partial charge in [0.2, 0.25) is 0 Å². The fraction of sp³-hybridized carbons (Fsp3) is 0.478. The number of benzene rings is 1. The summed E-state index contributed by atoms with van der Waals surface area (Å²) in [6.45, 7) is 8.01. The highest BCUT2D eigenvalue weighted by atomic mass is 16.5. The molecule has 1 fully saturated rings. The zero-order chi connectivity index (χ0) is 21.7. The van der Waals surface area contributed by atoms with Crippen molar-refractivity contribution in [3.05, 3.63) is 41.6 Å². The number of esters is 1. The van der Waals surface area contributed by atoms with Gasteiger partial charge in [-0.15, -0.1) is 0 Å². The maximum Gasteiger partial charge on any atom is 0.309 e. The van der Waals surface area contributed by atoms with Crippen molar-refractivity contribution in [2.45, 2.75) is 33.6 Å². The summed E-state index contributed by atoms with van der Waals surface area (Å²) >= 11 is 0. The molecule has 1 saturated heterocycles. The third-order valence-electron chi connectivity index (χ3n) is 5.51. The molecule has 7 heteroatoms. The van der Waals surface area contributed by atoms with Gasteiger partial charge in [-0.1, -0.05) is 23.8 Å². The van der Waals surface area contributed by atoms with Crippen molar-refractivity contribution in [3.63, 3.8) is 0 Å². The van der Waals surface area contributed by atoms with Gasteiger partial charge in [0, 0.05) is 38.4 Å². The van der Waals surface area contributed by atoms with E-state index in [-0.39, 0.29) is 17.8 Å². The number of hydrogen-bond acceptors (Lipinski definition) is 6. The maximum atomic E-state index is 13.2. The third kappa shape index (κ3) is 4.78. The van der Waals surface area contributed by atoms with Crippen molar-refractivity contribution in [2.75, 3.05) is 38.2 Å². The second-order valence-corrected chi connectivity index (χ2v) is 7.63. The molecule has 0 spiro atoms. The van der Waals surface area contributed by atoms with Crippen LogP contribution in [-0.4, -0.2) is 60.0 Å². The number of anilines is 1. The Morgan fingerprint density at radius 2 is 1.97 bits per heavy atom. The van der Waals surface area contributed by atoms with E-state index < -0.39 is 0 Å². The summed E-state index contributed by atoms with van der Waals surface area (Å²) in [4.78, 5) is 38.2. The molecule has 1 aliphatic heterocycles. The topological polar surface area (TPSA) is 75.6 Å². The number of aryl methyl sites for hydroxylation is 1. The number of ether oxygens (including phenoxy) is 1. The Morgan fingerprint density at radius 3 is 2.60 bits per heavy atom. The molecule has 1 aromatic heterocycles. The highest BCUT2D eigenvalue weighted by Crippen LogP contribution is 2.26. The number of likely N-dealkylation sites (tertiary alicyclic amines) is 1. The van der Waals surface area contributed by atoms with Crippen molar-refractivity contribution in [3.8, 4) is 11.4 Å². The van der Waals surface area contributed by atoms with E-state index in [9.17, 15) is 9.59 Å². The van der Waals surface area contributed by atoms with Gasteiger partial charge in [-0.25, -0.2) is 9.97 Å². The van der Waals surface area contributed by atoms with E-state index in [1.807, 2.05) is 57.0 Å². The summed E-state index contributed by atoms with van der Waals surface area (Å²) in [5, 5.41) is 0. The highest BCUT2D eigenvalue weighted by molar-refractivity contribution is 5.99. The second-order valence-electron chi connectivity index (χ2n) is 7.63. The summed E-state index contributed by atoms with van der Waals surface area (Å²) in [6.07, 6.45) is 2.86. The molecular formula is C23H30N4O3. The molecule has 160 valence electrons. The molecule has 1 aromatic carbocycles. The normalized spacial score (nSPS) is 14.5. The Kier molecular flexibility index (Phi) is 7.03. The first kappa shape index (κ1) is 21.7. The first-order valence-corrected chi connectivity index (χ1v) is 10.6. The Hall–Kier alpha value is -2.96. The van der Waals surface area contributed by atoms with Gasteiger partial charge >= 0.3 is 5.97 Å². The molecule has 0 aliphatic carbocycles. The van der Waals surface area contributed by atoms with E-state index in [4.69, 9.17) is 9.72 Å². The molecule has 30 heavy (non-hydrogen) atoms. The van der Waals surface area contributed by atoms with Crippen molar-refractivity contribution in [2.24, 2.45) is 5.92 Å². The third-order valence-corrected chi connectivity index (χ3v) is 5.51. The Labute approximate surface area is 178 Å². The van der Waals surface area contributed by atoms with Crippen molar-refractivity contribution >= 4 is 17.7 Å². The summed E-state index contributed by atoms with van der Waals surface area (Å²) in [7, 11) is 1.92. The highest BCUT2D eigenvalue weighted by Gasteiger charge is 2.30. The standard InChI is InChI=1S/C23H30N4O3/c1-5-26(4)21-19(15-24-20(25-21)18-9-7-8-16(3)14-18)22(28)27-12-10-17(11-13-27)23(29)30-6-2/h7-9,14-15,17H,5-6,10-13H2,1-4H3. The Balaban J connectivity index is 1.82. The number of nitrogens with zero attached hydrogens (tertiary/aromatic N) is 4. The molecule has 1 aliphatic rings. The molecule has 0 N–H and O–H groups in total. The van der Waals surface area contributed by atoms with Gasteiger partial charge in [-0.2, -0.15) is 0 Å². The number of amides is 1. The van der Waals surface area contributed by atoms with E-state index in [1.54, 1.807) is 11.1 Å². The van der Waals surface area contributed by atoms with Crippen LogP contribution in [0.15, 0.2) is 30.5 Å². The summed E-state index contributed by atoms with van der Waals surface area (Å²) in [5.74, 6) is 0.838. The minimum atomic E-state index is -0.165. The van der Waals surface area contributed by atoms with Crippen LogP contribution >= 0.6 is 0 Å². The van der Waals surface area contributed by atoms with Gasteiger partial charge in [0.25, 0.3) is 5.91 Å². The second kappa shape index (κ2) is 9.69. The Bertz CT molecular complexity index is 907. The van der Waals surface area contributed by atoms with Gasteiger partial charge in [0.1, 0.15) is 11.4 Å². The molecule has 1 amide bonds.